The largest absolute Gasteiger partial charge is 0.377 e. The summed E-state index contributed by atoms with van der Waals surface area (Å²) in [7, 11) is -0.948. The Balaban J connectivity index is 2.76. The van der Waals surface area contributed by atoms with Crippen molar-refractivity contribution in [3.05, 3.63) is 12.3 Å². The quantitative estimate of drug-likeness (QED) is 0.496. The lowest BCUT2D eigenvalue weighted by molar-refractivity contribution is 0.429. The van der Waals surface area contributed by atoms with E-state index in [0.29, 0.717) is 12.2 Å². The maximum Gasteiger partial charge on any atom is 0.157 e. The van der Waals surface area contributed by atoms with Crippen molar-refractivity contribution in [2.24, 2.45) is 0 Å². The highest BCUT2D eigenvalue weighted by Gasteiger charge is 2.21. The Morgan fingerprint density at radius 3 is 2.60 bits per heavy atom. The zero-order chi connectivity index (χ0) is 7.78. The van der Waals surface area contributed by atoms with Crippen molar-refractivity contribution in [3.8, 4) is 0 Å². The van der Waals surface area contributed by atoms with Crippen LogP contribution in [0.25, 0.3) is 0 Å². The minimum atomic E-state index is -2.81. The first-order valence-electron chi connectivity index (χ1n) is 3.10. The van der Waals surface area contributed by atoms with Crippen LogP contribution in [0.4, 0.5) is 0 Å². The number of hydrogen-bond acceptors (Lipinski definition) is 3. The van der Waals surface area contributed by atoms with Crippen LogP contribution < -0.4 is 0 Å². The third kappa shape index (κ3) is 1.50. The molecule has 0 atom stereocenters. The summed E-state index contributed by atoms with van der Waals surface area (Å²) in [5.74, 6) is 0.395. The van der Waals surface area contributed by atoms with Gasteiger partial charge in [0.15, 0.2) is 9.84 Å². The van der Waals surface area contributed by atoms with Crippen molar-refractivity contribution in [2.45, 2.75) is 0 Å². The Labute approximate surface area is 61.3 Å². The van der Waals surface area contributed by atoms with Crippen molar-refractivity contribution < 1.29 is 8.42 Å². The molecule has 0 aliphatic carbocycles. The molecule has 0 unspecified atom stereocenters. The van der Waals surface area contributed by atoms with Gasteiger partial charge in [0.05, 0.1) is 11.5 Å². The lowest BCUT2D eigenvalue weighted by Crippen LogP contribution is -2.35. The molecule has 0 aromatic carbocycles. The molecule has 0 bridgehead atoms. The number of nitrogens with zero attached hydrogens (tertiary/aromatic N) is 1. The zero-order valence-corrected chi connectivity index (χ0v) is 6.82. The van der Waals surface area contributed by atoms with E-state index in [1.165, 1.54) is 0 Å². The lowest BCUT2D eigenvalue weighted by atomic mass is 10.5. The number of sulfone groups is 1. The van der Waals surface area contributed by atoms with Crippen LogP contribution in [0, 0.1) is 0 Å². The highest BCUT2D eigenvalue weighted by molar-refractivity contribution is 7.91. The first kappa shape index (κ1) is 7.60. The van der Waals surface area contributed by atoms with Crippen LogP contribution in [0.1, 0.15) is 0 Å². The van der Waals surface area contributed by atoms with E-state index in [1.54, 1.807) is 0 Å². The summed E-state index contributed by atoms with van der Waals surface area (Å²) < 4.78 is 21.8. The molecule has 58 valence electrons. The first-order valence-corrected chi connectivity index (χ1v) is 4.93. The minimum Gasteiger partial charge on any atom is -0.377 e. The molecule has 0 aromatic heterocycles. The summed E-state index contributed by atoms with van der Waals surface area (Å²) >= 11 is 0. The second kappa shape index (κ2) is 2.27. The van der Waals surface area contributed by atoms with Crippen LogP contribution in [0.2, 0.25) is 0 Å². The molecule has 1 aliphatic rings. The molecule has 1 heterocycles. The molecule has 1 rings (SSSR count). The standard InChI is InChI=1S/C6H11NO2S/c1-6-5-10(8,9)4-3-7(6)2/h1,3-5H2,2H3. The lowest BCUT2D eigenvalue weighted by Gasteiger charge is -2.26. The predicted octanol–water partition coefficient (Wildman–Crippen LogP) is -0.140. The van der Waals surface area contributed by atoms with Crippen molar-refractivity contribution in [3.63, 3.8) is 0 Å². The second-order valence-corrected chi connectivity index (χ2v) is 4.76. The highest BCUT2D eigenvalue weighted by atomic mass is 32.2. The Morgan fingerprint density at radius 1 is 1.60 bits per heavy atom. The topological polar surface area (TPSA) is 37.4 Å². The molecule has 4 heteroatoms. The molecule has 1 fully saturated rings. The second-order valence-electron chi connectivity index (χ2n) is 2.58. The van der Waals surface area contributed by atoms with Gasteiger partial charge in [-0.15, -0.1) is 0 Å². The van der Waals surface area contributed by atoms with Crippen molar-refractivity contribution in [1.82, 2.24) is 4.90 Å². The third-order valence-corrected chi connectivity index (χ3v) is 3.24. The van der Waals surface area contributed by atoms with E-state index in [9.17, 15) is 8.42 Å². The maximum absolute atomic E-state index is 10.9. The molecule has 0 aromatic rings. The van der Waals surface area contributed by atoms with Crippen LogP contribution in [0.15, 0.2) is 12.3 Å². The highest BCUT2D eigenvalue weighted by Crippen LogP contribution is 2.09. The molecular formula is C6H11NO2S. The van der Waals surface area contributed by atoms with E-state index < -0.39 is 9.84 Å². The predicted molar refractivity (Wildman–Crippen MR) is 40.4 cm³/mol. The van der Waals surface area contributed by atoms with Crippen molar-refractivity contribution in [2.75, 3.05) is 25.1 Å². The average Bonchev–Trinajstić information content (AvgIpc) is 1.79. The zero-order valence-electron chi connectivity index (χ0n) is 6.00. The van der Waals surface area contributed by atoms with Gasteiger partial charge < -0.3 is 4.90 Å². The Bertz CT molecular complexity index is 242. The van der Waals surface area contributed by atoms with Crippen molar-refractivity contribution in [1.29, 1.82) is 0 Å². The van der Waals surface area contributed by atoms with E-state index >= 15 is 0 Å². The number of rotatable bonds is 0. The van der Waals surface area contributed by atoms with Crippen LogP contribution in [-0.4, -0.2) is 38.4 Å². The third-order valence-electron chi connectivity index (χ3n) is 1.66. The van der Waals surface area contributed by atoms with Crippen LogP contribution in [0.3, 0.4) is 0 Å². The average molecular weight is 161 g/mol. The molecule has 1 saturated heterocycles. The molecule has 0 amide bonds. The van der Waals surface area contributed by atoms with Crippen LogP contribution in [0.5, 0.6) is 0 Å². The smallest absolute Gasteiger partial charge is 0.157 e. The summed E-state index contributed by atoms with van der Waals surface area (Å²) in [6.07, 6.45) is 0. The van der Waals surface area contributed by atoms with Gasteiger partial charge in [0.1, 0.15) is 0 Å². The van der Waals surface area contributed by atoms with Gasteiger partial charge in [0.25, 0.3) is 0 Å². The summed E-state index contributed by atoms with van der Waals surface area (Å²) in [5, 5.41) is 0. The molecule has 0 radical (unpaired) electrons. The molecule has 1 aliphatic heterocycles. The Hall–Kier alpha value is -0.510. The van der Waals surface area contributed by atoms with Gasteiger partial charge in [-0.25, -0.2) is 8.42 Å². The van der Waals surface area contributed by atoms with Crippen LogP contribution in [-0.2, 0) is 9.84 Å². The summed E-state index contributed by atoms with van der Waals surface area (Å²) in [6.45, 7) is 4.22. The van der Waals surface area contributed by atoms with Gasteiger partial charge in [-0.3, -0.25) is 0 Å². The summed E-state index contributed by atoms with van der Waals surface area (Å²) in [6, 6.07) is 0. The van der Waals surface area contributed by atoms with Crippen LogP contribution >= 0.6 is 0 Å². The van der Waals surface area contributed by atoms with Gasteiger partial charge in [-0.05, 0) is 0 Å². The van der Waals surface area contributed by atoms with Gasteiger partial charge in [0, 0.05) is 19.3 Å². The summed E-state index contributed by atoms with van der Waals surface area (Å²) in [4.78, 5) is 1.88. The fraction of sp³-hybridized carbons (Fsp3) is 0.667. The van der Waals surface area contributed by atoms with E-state index in [1.807, 2.05) is 11.9 Å². The normalized spacial score (nSPS) is 24.9. The molecular weight excluding hydrogens is 150 g/mol. The minimum absolute atomic E-state index is 0.128. The maximum atomic E-state index is 10.9. The van der Waals surface area contributed by atoms with Gasteiger partial charge in [0.2, 0.25) is 0 Å². The first-order chi connectivity index (χ1) is 4.51. The van der Waals surface area contributed by atoms with Gasteiger partial charge in [-0.2, -0.15) is 0 Å². The van der Waals surface area contributed by atoms with E-state index in [4.69, 9.17) is 0 Å². The summed E-state index contributed by atoms with van der Waals surface area (Å²) in [5.41, 5.74) is 0.700. The fourth-order valence-corrected chi connectivity index (χ4v) is 2.29. The van der Waals surface area contributed by atoms with E-state index in [-0.39, 0.29) is 11.5 Å². The van der Waals surface area contributed by atoms with Gasteiger partial charge >= 0.3 is 0 Å². The van der Waals surface area contributed by atoms with Crippen molar-refractivity contribution >= 4 is 9.84 Å². The van der Waals surface area contributed by atoms with E-state index in [0.717, 1.165) is 0 Å². The molecule has 3 nitrogen and oxygen atoms in total. The monoisotopic (exact) mass is 161 g/mol. The fourth-order valence-electron chi connectivity index (χ4n) is 0.870. The molecule has 10 heavy (non-hydrogen) atoms. The Morgan fingerprint density at radius 2 is 2.20 bits per heavy atom. The Kier molecular flexibility index (Phi) is 1.72. The molecule has 0 N–H and O–H groups in total. The van der Waals surface area contributed by atoms with E-state index in [2.05, 4.69) is 6.58 Å². The van der Waals surface area contributed by atoms with Gasteiger partial charge in [-0.1, -0.05) is 6.58 Å². The molecule has 0 spiro atoms. The SMILES string of the molecule is C=C1CS(=O)(=O)CCN1C. The number of hydrogen-bond donors (Lipinski definition) is 0. The molecule has 0 saturated carbocycles.